The van der Waals surface area contributed by atoms with E-state index in [4.69, 9.17) is 9.47 Å². The first kappa shape index (κ1) is 23.1. The number of likely N-dealkylation sites (N-methyl/N-ethyl adjacent to an activating group) is 1. The molecule has 1 fully saturated rings. The summed E-state index contributed by atoms with van der Waals surface area (Å²) in [7, 11) is 6.63. The van der Waals surface area contributed by atoms with Crippen molar-refractivity contribution in [2.45, 2.75) is 13.0 Å². The molecule has 1 amide bonds. The van der Waals surface area contributed by atoms with E-state index in [1.165, 1.54) is 25.2 Å². The zero-order chi connectivity index (χ0) is 23.6. The minimum absolute atomic E-state index is 0.0535. The number of carbonyl (C=O) groups is 2. The number of phenolic OH excluding ortho intramolecular Hbond substituents is 1. The normalized spacial score (nSPS) is 17.8. The number of ketones is 1. The molecule has 8 heteroatoms. The Morgan fingerprint density at radius 2 is 1.72 bits per heavy atom. The van der Waals surface area contributed by atoms with Gasteiger partial charge in [-0.25, -0.2) is 0 Å². The number of methoxy groups -OCH3 is 2. The van der Waals surface area contributed by atoms with Gasteiger partial charge in [-0.05, 0) is 50.8 Å². The summed E-state index contributed by atoms with van der Waals surface area (Å²) in [6.07, 6.45) is 0. The summed E-state index contributed by atoms with van der Waals surface area (Å²) in [6, 6.07) is 9.01. The van der Waals surface area contributed by atoms with Crippen LogP contribution < -0.4 is 9.47 Å². The largest absolute Gasteiger partial charge is 0.507 e. The predicted octanol–water partition coefficient (Wildman–Crippen LogP) is 2.70. The Labute approximate surface area is 187 Å². The lowest BCUT2D eigenvalue weighted by Crippen LogP contribution is -2.35. The van der Waals surface area contributed by atoms with Crippen LogP contribution in [0.3, 0.4) is 0 Å². The number of phenols is 1. The molecule has 0 saturated carbocycles. The van der Waals surface area contributed by atoms with Crippen molar-refractivity contribution in [3.63, 3.8) is 0 Å². The molecule has 32 heavy (non-hydrogen) atoms. The van der Waals surface area contributed by atoms with Crippen molar-refractivity contribution in [2.75, 3.05) is 41.4 Å². The van der Waals surface area contributed by atoms with Gasteiger partial charge >= 0.3 is 0 Å². The van der Waals surface area contributed by atoms with Gasteiger partial charge in [-0.15, -0.1) is 0 Å². The molecular formula is C24H28N2O6. The number of aromatic hydroxyl groups is 1. The van der Waals surface area contributed by atoms with Crippen molar-refractivity contribution >= 4 is 17.4 Å². The van der Waals surface area contributed by atoms with Crippen molar-refractivity contribution in [3.05, 3.63) is 58.7 Å². The minimum atomic E-state index is -0.878. The van der Waals surface area contributed by atoms with Crippen molar-refractivity contribution in [2.24, 2.45) is 0 Å². The number of rotatable bonds is 7. The highest BCUT2D eigenvalue weighted by atomic mass is 16.5. The van der Waals surface area contributed by atoms with E-state index in [-0.39, 0.29) is 29.4 Å². The number of amides is 1. The van der Waals surface area contributed by atoms with Crippen molar-refractivity contribution in [1.29, 1.82) is 0 Å². The zero-order valence-electron chi connectivity index (χ0n) is 18.9. The van der Waals surface area contributed by atoms with Gasteiger partial charge in [-0.1, -0.05) is 17.7 Å². The summed E-state index contributed by atoms with van der Waals surface area (Å²) in [4.78, 5) is 29.4. The molecule has 1 aliphatic rings. The number of hydrogen-bond donors (Lipinski definition) is 2. The standard InChI is InChI=1S/C24H28N2O6/c1-14-6-8-18(31-4)16(12-14)22(28)20-21(15-7-9-19(32-5)17(27)13-15)26(11-10-25(2)3)24(30)23(20)29/h6-9,12-13,21,27-28H,10-11H2,1-5H3/b22-20+. The van der Waals surface area contributed by atoms with Crippen LogP contribution in [0.15, 0.2) is 42.0 Å². The summed E-state index contributed by atoms with van der Waals surface area (Å²) in [6.45, 7) is 2.63. The molecular weight excluding hydrogens is 412 g/mol. The van der Waals surface area contributed by atoms with Crippen LogP contribution in [0.2, 0.25) is 0 Å². The first-order chi connectivity index (χ1) is 15.2. The number of aliphatic hydroxyl groups is 1. The lowest BCUT2D eigenvalue weighted by atomic mass is 9.94. The van der Waals surface area contributed by atoms with Gasteiger partial charge in [0, 0.05) is 13.1 Å². The van der Waals surface area contributed by atoms with Crippen LogP contribution in [0, 0.1) is 6.92 Å². The maximum Gasteiger partial charge on any atom is 0.295 e. The summed E-state index contributed by atoms with van der Waals surface area (Å²) in [5.41, 5.74) is 1.60. The second kappa shape index (κ2) is 9.32. The highest BCUT2D eigenvalue weighted by molar-refractivity contribution is 6.46. The number of nitrogens with zero attached hydrogens (tertiary/aromatic N) is 2. The first-order valence-electron chi connectivity index (χ1n) is 10.1. The van der Waals surface area contributed by atoms with E-state index in [9.17, 15) is 19.8 Å². The quantitative estimate of drug-likeness (QED) is 0.388. The van der Waals surface area contributed by atoms with Crippen LogP contribution in [0.25, 0.3) is 5.76 Å². The SMILES string of the molecule is COc1ccc(C2/C(=C(\O)c3cc(C)ccc3OC)C(=O)C(=O)N2CCN(C)C)cc1O. The molecule has 1 heterocycles. The molecule has 1 unspecified atom stereocenters. The Morgan fingerprint density at radius 3 is 2.31 bits per heavy atom. The topological polar surface area (TPSA) is 99.5 Å². The maximum absolute atomic E-state index is 13.1. The van der Waals surface area contributed by atoms with Gasteiger partial charge in [0.1, 0.15) is 11.5 Å². The monoisotopic (exact) mass is 440 g/mol. The highest BCUT2D eigenvalue weighted by Gasteiger charge is 2.46. The third-order valence-corrected chi connectivity index (χ3v) is 5.46. The number of Topliss-reactive ketones (excluding diaryl/α,β-unsaturated/α-hetero) is 1. The maximum atomic E-state index is 13.1. The minimum Gasteiger partial charge on any atom is -0.507 e. The molecule has 1 saturated heterocycles. The number of likely N-dealkylation sites (tertiary alicyclic amines) is 1. The van der Waals surface area contributed by atoms with E-state index in [1.807, 2.05) is 32.0 Å². The molecule has 8 nitrogen and oxygen atoms in total. The van der Waals surface area contributed by atoms with Crippen LogP contribution >= 0.6 is 0 Å². The molecule has 0 aliphatic carbocycles. The number of ether oxygens (including phenoxy) is 2. The van der Waals surface area contributed by atoms with Gasteiger partial charge in [0.2, 0.25) is 0 Å². The lowest BCUT2D eigenvalue weighted by molar-refractivity contribution is -0.140. The number of carbonyl (C=O) groups excluding carboxylic acids is 2. The number of aryl methyl sites for hydroxylation is 1. The Hall–Kier alpha value is -3.52. The molecule has 1 aliphatic heterocycles. The number of benzene rings is 2. The van der Waals surface area contributed by atoms with E-state index >= 15 is 0 Å². The fraction of sp³-hybridized carbons (Fsp3) is 0.333. The van der Waals surface area contributed by atoms with Crippen molar-refractivity contribution in [1.82, 2.24) is 9.80 Å². The van der Waals surface area contributed by atoms with E-state index in [1.54, 1.807) is 24.3 Å². The molecule has 3 rings (SSSR count). The fourth-order valence-corrected chi connectivity index (χ4v) is 3.79. The Balaban J connectivity index is 2.23. The fourth-order valence-electron chi connectivity index (χ4n) is 3.79. The summed E-state index contributed by atoms with van der Waals surface area (Å²) >= 11 is 0. The van der Waals surface area contributed by atoms with Crippen molar-refractivity contribution in [3.8, 4) is 17.2 Å². The molecule has 0 radical (unpaired) electrons. The van der Waals surface area contributed by atoms with Crippen LogP contribution in [0.5, 0.6) is 17.2 Å². The smallest absolute Gasteiger partial charge is 0.295 e. The Kier molecular flexibility index (Phi) is 6.74. The average Bonchev–Trinajstić information content (AvgIpc) is 3.01. The third-order valence-electron chi connectivity index (χ3n) is 5.46. The molecule has 1 atom stereocenters. The predicted molar refractivity (Wildman–Crippen MR) is 120 cm³/mol. The lowest BCUT2D eigenvalue weighted by Gasteiger charge is -2.27. The van der Waals surface area contributed by atoms with Crippen LogP contribution in [-0.4, -0.2) is 73.1 Å². The Bertz CT molecular complexity index is 1080. The summed E-state index contributed by atoms with van der Waals surface area (Å²) in [5, 5.41) is 21.6. The molecule has 0 spiro atoms. The van der Waals surface area contributed by atoms with Gasteiger partial charge in [-0.2, -0.15) is 0 Å². The molecule has 0 bridgehead atoms. The Morgan fingerprint density at radius 1 is 1.06 bits per heavy atom. The summed E-state index contributed by atoms with van der Waals surface area (Å²) in [5.74, 6) is -1.30. The molecule has 2 aromatic rings. The van der Waals surface area contributed by atoms with Gasteiger partial charge in [-0.3, -0.25) is 9.59 Å². The van der Waals surface area contributed by atoms with Crippen molar-refractivity contribution < 1.29 is 29.3 Å². The molecule has 0 aromatic heterocycles. The second-order valence-corrected chi connectivity index (χ2v) is 7.93. The zero-order valence-corrected chi connectivity index (χ0v) is 18.9. The van der Waals surface area contributed by atoms with E-state index < -0.39 is 17.7 Å². The summed E-state index contributed by atoms with van der Waals surface area (Å²) < 4.78 is 10.5. The van der Waals surface area contributed by atoms with Crippen LogP contribution in [-0.2, 0) is 9.59 Å². The van der Waals surface area contributed by atoms with Gasteiger partial charge < -0.3 is 29.5 Å². The van der Waals surface area contributed by atoms with E-state index in [0.717, 1.165) is 5.56 Å². The number of hydrogen-bond acceptors (Lipinski definition) is 7. The average molecular weight is 440 g/mol. The third kappa shape index (κ3) is 4.27. The first-order valence-corrected chi connectivity index (χ1v) is 10.1. The molecule has 170 valence electrons. The van der Waals surface area contributed by atoms with Gasteiger partial charge in [0.25, 0.3) is 11.7 Å². The number of aliphatic hydroxyl groups excluding tert-OH is 1. The highest BCUT2D eigenvalue weighted by Crippen LogP contribution is 2.42. The van der Waals surface area contributed by atoms with Crippen LogP contribution in [0.1, 0.15) is 22.7 Å². The van der Waals surface area contributed by atoms with Crippen LogP contribution in [0.4, 0.5) is 0 Å². The second-order valence-electron chi connectivity index (χ2n) is 7.93. The van der Waals surface area contributed by atoms with Gasteiger partial charge in [0.15, 0.2) is 11.5 Å². The van der Waals surface area contributed by atoms with Gasteiger partial charge in [0.05, 0.1) is 31.4 Å². The molecule has 2 aromatic carbocycles. The van der Waals surface area contributed by atoms with E-state index in [2.05, 4.69) is 0 Å². The van der Waals surface area contributed by atoms with E-state index in [0.29, 0.717) is 23.4 Å². The molecule has 2 N–H and O–H groups in total.